The highest BCUT2D eigenvalue weighted by Crippen LogP contribution is 2.37. The predicted octanol–water partition coefficient (Wildman–Crippen LogP) is 2.83. The van der Waals surface area contributed by atoms with Gasteiger partial charge in [-0.25, -0.2) is 52.4 Å². The first-order chi connectivity index (χ1) is 23.2. The highest BCUT2D eigenvalue weighted by molar-refractivity contribution is 8.13. The van der Waals surface area contributed by atoms with Crippen LogP contribution in [0.1, 0.15) is 19.7 Å². The third-order valence-corrected chi connectivity index (χ3v) is 10.7. The Balaban J connectivity index is 0.000000777. The third kappa shape index (κ3) is 16.1. The first-order valence-electron chi connectivity index (χ1n) is 13.2. The summed E-state index contributed by atoms with van der Waals surface area (Å²) in [6.45, 7) is 9.87. The number of alkyl halides is 12. The van der Waals surface area contributed by atoms with Crippen LogP contribution in [0.4, 0.5) is 52.7 Å². The van der Waals surface area contributed by atoms with Crippen molar-refractivity contribution in [1.82, 2.24) is 9.55 Å². The molecular formula is C20H28F12N6O10S4. The van der Waals surface area contributed by atoms with Gasteiger partial charge in [-0.2, -0.15) is 52.7 Å². The van der Waals surface area contributed by atoms with Crippen LogP contribution in [-0.4, -0.2) is 91.7 Å². The molecule has 0 radical (unpaired) electrons. The van der Waals surface area contributed by atoms with Crippen LogP contribution in [0.2, 0.25) is 0 Å². The predicted molar refractivity (Wildman–Crippen MR) is 149 cm³/mol. The van der Waals surface area contributed by atoms with Crippen molar-refractivity contribution in [1.29, 1.82) is 0 Å². The molecule has 0 spiro atoms. The zero-order valence-electron chi connectivity index (χ0n) is 26.0. The summed E-state index contributed by atoms with van der Waals surface area (Å²) in [5, 5.41) is 0. The molecule has 306 valence electrons. The van der Waals surface area contributed by atoms with Gasteiger partial charge in [0.25, 0.3) is 5.82 Å². The SMILES string of the molecule is CCn1cc[n+](CCOCCOCCc2[nH]cc[n+]2CC)c1.O=S(=O)([N-]S(=O)(=O)C(F)(F)F)C(F)(F)F.O=S(=O)([N-]S(=O)(=O)C(F)(F)F)C(F)(F)F. The van der Waals surface area contributed by atoms with Gasteiger partial charge in [-0.05, 0) is 13.8 Å². The first-order valence-corrected chi connectivity index (χ1v) is 19.0. The second-order valence-electron chi connectivity index (χ2n) is 8.98. The fourth-order valence-corrected chi connectivity index (χ4v) is 6.17. The van der Waals surface area contributed by atoms with Crippen LogP contribution in [0.25, 0.3) is 8.25 Å². The van der Waals surface area contributed by atoms with E-state index in [2.05, 4.69) is 57.5 Å². The van der Waals surface area contributed by atoms with Gasteiger partial charge in [0.15, 0.2) is 40.1 Å². The summed E-state index contributed by atoms with van der Waals surface area (Å²) in [6, 6.07) is 0. The van der Waals surface area contributed by atoms with E-state index in [-0.39, 0.29) is 0 Å². The highest BCUT2D eigenvalue weighted by Gasteiger charge is 2.48. The monoisotopic (exact) mass is 868 g/mol. The number of ether oxygens (including phenoxy) is 2. The van der Waals surface area contributed by atoms with Crippen molar-refractivity contribution in [3.8, 4) is 0 Å². The van der Waals surface area contributed by atoms with Crippen LogP contribution in [0, 0.1) is 0 Å². The van der Waals surface area contributed by atoms with Gasteiger partial charge in [0.2, 0.25) is 6.33 Å². The molecule has 1 N–H and O–H groups in total. The molecule has 0 amide bonds. The van der Waals surface area contributed by atoms with Gasteiger partial charge in [-0.15, -0.1) is 0 Å². The van der Waals surface area contributed by atoms with Crippen molar-refractivity contribution in [2.24, 2.45) is 0 Å². The van der Waals surface area contributed by atoms with Crippen LogP contribution in [0.5, 0.6) is 0 Å². The number of aromatic nitrogens is 4. The topological polar surface area (TPSA) is 212 Å². The average molecular weight is 869 g/mol. The van der Waals surface area contributed by atoms with Gasteiger partial charge in [0.05, 0.1) is 45.9 Å². The van der Waals surface area contributed by atoms with E-state index < -0.39 is 62.1 Å². The van der Waals surface area contributed by atoms with Gasteiger partial charge >= 0.3 is 22.0 Å². The maximum atomic E-state index is 11.4. The standard InChI is InChI=1S/C16H27N4O2.2C2F6NO4S2/c1-3-18-8-9-19(15-18)10-12-22-14-13-21-11-5-16-17-6-7-20(16)4-2;2*3-1(4,5)14(10,11)9-15(12,13)2(6,7)8/h6-9,15H,3-5,10-14H2,1-2H3;;/q+1;2*-1/p+1. The molecule has 0 aliphatic rings. The van der Waals surface area contributed by atoms with Crippen LogP contribution in [-0.2, 0) is 75.6 Å². The molecule has 0 saturated carbocycles. The van der Waals surface area contributed by atoms with E-state index in [4.69, 9.17) is 9.47 Å². The summed E-state index contributed by atoms with van der Waals surface area (Å²) < 4.78 is 236. The Morgan fingerprint density at radius 2 is 1.06 bits per heavy atom. The molecular weight excluding hydrogens is 840 g/mol. The van der Waals surface area contributed by atoms with E-state index in [0.717, 1.165) is 40.9 Å². The Hall–Kier alpha value is -2.78. The second-order valence-corrected chi connectivity index (χ2v) is 15.8. The Kier molecular flexibility index (Phi) is 18.0. The van der Waals surface area contributed by atoms with Gasteiger partial charge in [-0.1, -0.05) is 0 Å². The van der Waals surface area contributed by atoms with Crippen molar-refractivity contribution in [3.63, 3.8) is 0 Å². The molecule has 0 unspecified atom stereocenters. The molecule has 0 atom stereocenters. The molecule has 0 fully saturated rings. The number of hydrogen-bond donors (Lipinski definition) is 1. The summed E-state index contributed by atoms with van der Waals surface area (Å²) in [5.41, 5.74) is -24.8. The highest BCUT2D eigenvalue weighted by atomic mass is 32.3. The van der Waals surface area contributed by atoms with E-state index in [1.165, 1.54) is 5.82 Å². The van der Waals surface area contributed by atoms with E-state index in [1.807, 2.05) is 6.20 Å². The fourth-order valence-electron chi connectivity index (χ4n) is 2.75. The Labute approximate surface area is 287 Å². The molecule has 16 nitrogen and oxygen atoms in total. The van der Waals surface area contributed by atoms with E-state index >= 15 is 0 Å². The lowest BCUT2D eigenvalue weighted by Gasteiger charge is -2.22. The van der Waals surface area contributed by atoms with Crippen molar-refractivity contribution < 1.29 is 105 Å². The molecule has 0 bridgehead atoms. The summed E-state index contributed by atoms with van der Waals surface area (Å²) in [4.78, 5) is 3.24. The molecule has 0 aliphatic carbocycles. The van der Waals surface area contributed by atoms with Crippen molar-refractivity contribution in [2.45, 2.75) is 61.9 Å². The summed E-state index contributed by atoms with van der Waals surface area (Å²) in [6.07, 6.45) is 11.2. The average Bonchev–Trinajstić information content (AvgIpc) is 3.61. The molecule has 2 rings (SSSR count). The Bertz CT molecular complexity index is 1670. The zero-order valence-corrected chi connectivity index (χ0v) is 29.3. The molecule has 2 heterocycles. The molecule has 2 aromatic heterocycles. The van der Waals surface area contributed by atoms with Gasteiger partial charge in [0.1, 0.15) is 31.3 Å². The number of aromatic amines is 1. The van der Waals surface area contributed by atoms with Crippen molar-refractivity contribution in [3.05, 3.63) is 45.2 Å². The Morgan fingerprint density at radius 1 is 0.654 bits per heavy atom. The summed E-state index contributed by atoms with van der Waals surface area (Å²) in [5.74, 6) is 1.21. The van der Waals surface area contributed by atoms with Gasteiger partial charge in [-0.3, -0.25) is 0 Å². The lowest BCUT2D eigenvalue weighted by molar-refractivity contribution is -0.699. The largest absolute Gasteiger partial charge is 0.480 e. The number of imidazole rings is 2. The van der Waals surface area contributed by atoms with Crippen LogP contribution in [0.15, 0.2) is 31.1 Å². The van der Waals surface area contributed by atoms with E-state index in [9.17, 15) is 86.4 Å². The Morgan fingerprint density at radius 3 is 1.40 bits per heavy atom. The number of aryl methyl sites for hydroxylation is 2. The molecule has 0 saturated heterocycles. The number of rotatable bonds is 15. The minimum atomic E-state index is -6.72. The number of nitrogens with zero attached hydrogens (tertiary/aromatic N) is 5. The minimum absolute atomic E-state index is 0.646. The van der Waals surface area contributed by atoms with Gasteiger partial charge in [0, 0.05) is 0 Å². The lowest BCUT2D eigenvalue weighted by Crippen LogP contribution is -2.35. The summed E-state index contributed by atoms with van der Waals surface area (Å²) >= 11 is 0. The van der Waals surface area contributed by atoms with Crippen LogP contribution < -0.4 is 9.13 Å². The smallest absolute Gasteiger partial charge is 0.421 e. The molecule has 32 heteroatoms. The zero-order chi connectivity index (χ0) is 41.0. The molecule has 2 aromatic rings. The number of H-pyrrole nitrogens is 1. The fraction of sp³-hybridized carbons (Fsp3) is 0.700. The molecule has 0 aliphatic heterocycles. The quantitative estimate of drug-likeness (QED) is 0.157. The minimum Gasteiger partial charge on any atom is -0.421 e. The maximum Gasteiger partial charge on any atom is 0.480 e. The number of halogens is 12. The number of nitrogens with one attached hydrogen (secondary N) is 1. The second kappa shape index (κ2) is 19.0. The number of hydrogen-bond acceptors (Lipinski definition) is 10. The van der Waals surface area contributed by atoms with E-state index in [1.54, 1.807) is 0 Å². The third-order valence-electron chi connectivity index (χ3n) is 5.21. The summed E-state index contributed by atoms with van der Waals surface area (Å²) in [7, 11) is -26.9. The maximum absolute atomic E-state index is 11.4. The van der Waals surface area contributed by atoms with Crippen molar-refractivity contribution >= 4 is 40.1 Å². The first kappa shape index (κ1) is 49.2. The van der Waals surface area contributed by atoms with Crippen molar-refractivity contribution in [2.75, 3.05) is 26.4 Å². The lowest BCUT2D eigenvalue weighted by atomic mass is 10.4. The van der Waals surface area contributed by atoms with Gasteiger partial charge < -0.3 is 17.7 Å². The number of sulfonamides is 4. The van der Waals surface area contributed by atoms with E-state index in [0.29, 0.717) is 19.8 Å². The van der Waals surface area contributed by atoms with Crippen LogP contribution in [0.3, 0.4) is 0 Å². The normalized spacial score (nSPS) is 13.6. The molecule has 0 aromatic carbocycles. The van der Waals surface area contributed by atoms with Crippen LogP contribution >= 0.6 is 0 Å². The molecule has 52 heavy (non-hydrogen) atoms.